The summed E-state index contributed by atoms with van der Waals surface area (Å²) in [5, 5.41) is 3.16. The highest BCUT2D eigenvalue weighted by Gasteiger charge is 2.26. The number of hydrogen-bond donors (Lipinski definition) is 1. The normalized spacial score (nSPS) is 34.9. The lowest BCUT2D eigenvalue weighted by Crippen LogP contribution is -2.43. The molecule has 1 aliphatic heterocycles. The highest BCUT2D eigenvalue weighted by atomic mass is 35.5. The van der Waals surface area contributed by atoms with Crippen LogP contribution in [0.1, 0.15) is 44.9 Å². The topological polar surface area (TPSA) is 38.3 Å². The first-order chi connectivity index (χ1) is 7.75. The van der Waals surface area contributed by atoms with Gasteiger partial charge in [-0.15, -0.1) is 11.6 Å². The zero-order chi connectivity index (χ0) is 11.4. The summed E-state index contributed by atoms with van der Waals surface area (Å²) in [4.78, 5) is 11.8. The SMILES string of the molecule is O=C(CC1CCCO1)NC1CCCCC1Cl. The Morgan fingerprint density at radius 3 is 2.75 bits per heavy atom. The second-order valence-electron chi connectivity index (χ2n) is 4.81. The average Bonchev–Trinajstić information content (AvgIpc) is 2.74. The van der Waals surface area contributed by atoms with Crippen molar-refractivity contribution in [3.8, 4) is 0 Å². The molecule has 1 saturated carbocycles. The Balaban J connectivity index is 1.72. The van der Waals surface area contributed by atoms with Gasteiger partial charge in [0.15, 0.2) is 0 Å². The molecule has 0 aromatic carbocycles. The molecule has 16 heavy (non-hydrogen) atoms. The van der Waals surface area contributed by atoms with Crippen LogP contribution >= 0.6 is 11.6 Å². The van der Waals surface area contributed by atoms with Gasteiger partial charge in [0.2, 0.25) is 5.91 Å². The molecule has 4 heteroatoms. The average molecular weight is 246 g/mol. The molecule has 1 aliphatic carbocycles. The summed E-state index contributed by atoms with van der Waals surface area (Å²) in [6.07, 6.45) is 7.14. The van der Waals surface area contributed by atoms with Gasteiger partial charge in [-0.1, -0.05) is 12.8 Å². The van der Waals surface area contributed by atoms with Crippen molar-refractivity contribution < 1.29 is 9.53 Å². The fourth-order valence-electron chi connectivity index (χ4n) is 2.53. The maximum Gasteiger partial charge on any atom is 0.222 e. The van der Waals surface area contributed by atoms with Gasteiger partial charge >= 0.3 is 0 Å². The lowest BCUT2D eigenvalue weighted by Gasteiger charge is -2.28. The van der Waals surface area contributed by atoms with E-state index in [9.17, 15) is 4.79 Å². The molecule has 0 bridgehead atoms. The molecule has 3 nitrogen and oxygen atoms in total. The van der Waals surface area contributed by atoms with Crippen LogP contribution in [0.25, 0.3) is 0 Å². The van der Waals surface area contributed by atoms with Crippen molar-refractivity contribution in [3.63, 3.8) is 0 Å². The minimum atomic E-state index is 0.101. The molecule has 1 N–H and O–H groups in total. The van der Waals surface area contributed by atoms with Crippen LogP contribution in [0.4, 0.5) is 0 Å². The fraction of sp³-hybridized carbons (Fsp3) is 0.917. The molecule has 1 saturated heterocycles. The lowest BCUT2D eigenvalue weighted by atomic mass is 9.94. The molecule has 1 amide bonds. The Kier molecular flexibility index (Phi) is 4.47. The van der Waals surface area contributed by atoms with Crippen molar-refractivity contribution in [2.24, 2.45) is 0 Å². The van der Waals surface area contributed by atoms with E-state index in [4.69, 9.17) is 16.3 Å². The fourth-order valence-corrected chi connectivity index (χ4v) is 2.87. The second-order valence-corrected chi connectivity index (χ2v) is 5.37. The molecule has 0 aromatic heterocycles. The van der Waals surface area contributed by atoms with Gasteiger partial charge in [-0.2, -0.15) is 0 Å². The molecule has 2 rings (SSSR count). The number of alkyl halides is 1. The number of hydrogen-bond acceptors (Lipinski definition) is 2. The Labute approximate surface area is 102 Å². The van der Waals surface area contributed by atoms with Gasteiger partial charge in [0.1, 0.15) is 0 Å². The van der Waals surface area contributed by atoms with Crippen LogP contribution in [-0.4, -0.2) is 30.0 Å². The van der Waals surface area contributed by atoms with Crippen molar-refractivity contribution >= 4 is 17.5 Å². The summed E-state index contributed by atoms with van der Waals surface area (Å²) in [6.45, 7) is 0.805. The summed E-state index contributed by atoms with van der Waals surface area (Å²) < 4.78 is 5.45. The summed E-state index contributed by atoms with van der Waals surface area (Å²) in [5.41, 5.74) is 0. The molecule has 1 heterocycles. The van der Waals surface area contributed by atoms with Crippen LogP contribution in [0.3, 0.4) is 0 Å². The molecule has 0 radical (unpaired) electrons. The maximum atomic E-state index is 11.8. The quantitative estimate of drug-likeness (QED) is 0.775. The van der Waals surface area contributed by atoms with E-state index in [1.807, 2.05) is 0 Å². The smallest absolute Gasteiger partial charge is 0.222 e. The van der Waals surface area contributed by atoms with E-state index in [0.717, 1.165) is 32.3 Å². The first-order valence-corrected chi connectivity index (χ1v) is 6.74. The zero-order valence-corrected chi connectivity index (χ0v) is 10.3. The zero-order valence-electron chi connectivity index (χ0n) is 9.58. The minimum Gasteiger partial charge on any atom is -0.378 e. The van der Waals surface area contributed by atoms with Crippen LogP contribution in [0.15, 0.2) is 0 Å². The molecule has 0 aromatic rings. The maximum absolute atomic E-state index is 11.8. The third-order valence-corrected chi connectivity index (χ3v) is 3.99. The summed E-state index contributed by atoms with van der Waals surface area (Å²) in [6, 6.07) is 0.171. The van der Waals surface area contributed by atoms with Crippen molar-refractivity contribution in [2.45, 2.75) is 62.5 Å². The molecule has 3 unspecified atom stereocenters. The monoisotopic (exact) mass is 245 g/mol. The lowest BCUT2D eigenvalue weighted by molar-refractivity contribution is -0.124. The summed E-state index contributed by atoms with van der Waals surface area (Å²) >= 11 is 6.20. The Bertz CT molecular complexity index is 241. The van der Waals surface area contributed by atoms with E-state index in [1.165, 1.54) is 12.8 Å². The van der Waals surface area contributed by atoms with Crippen LogP contribution in [-0.2, 0) is 9.53 Å². The van der Waals surface area contributed by atoms with Gasteiger partial charge in [-0.05, 0) is 25.7 Å². The van der Waals surface area contributed by atoms with E-state index < -0.39 is 0 Å². The molecule has 0 spiro atoms. The number of amides is 1. The van der Waals surface area contributed by atoms with Gasteiger partial charge in [0, 0.05) is 12.6 Å². The number of rotatable bonds is 3. The van der Waals surface area contributed by atoms with Gasteiger partial charge in [-0.3, -0.25) is 4.79 Å². The molecule has 3 atom stereocenters. The number of carbonyl (C=O) groups is 1. The molecule has 2 aliphatic rings. The first-order valence-electron chi connectivity index (χ1n) is 6.31. The molecular weight excluding hydrogens is 226 g/mol. The third-order valence-electron chi connectivity index (χ3n) is 3.47. The number of ether oxygens (including phenoxy) is 1. The van der Waals surface area contributed by atoms with Gasteiger partial charge in [0.05, 0.1) is 17.9 Å². The highest BCUT2D eigenvalue weighted by Crippen LogP contribution is 2.23. The Morgan fingerprint density at radius 1 is 1.25 bits per heavy atom. The van der Waals surface area contributed by atoms with Crippen molar-refractivity contribution in [2.75, 3.05) is 6.61 Å². The number of nitrogens with one attached hydrogen (secondary N) is 1. The minimum absolute atomic E-state index is 0.101. The Hall–Kier alpha value is -0.280. The van der Waals surface area contributed by atoms with Crippen molar-refractivity contribution in [3.05, 3.63) is 0 Å². The summed E-state index contributed by atoms with van der Waals surface area (Å²) in [5.74, 6) is 0.101. The van der Waals surface area contributed by atoms with E-state index in [2.05, 4.69) is 5.32 Å². The standard InChI is InChI=1S/C12H20ClNO2/c13-10-5-1-2-6-11(10)14-12(15)8-9-4-3-7-16-9/h9-11H,1-8H2,(H,14,15). The van der Waals surface area contributed by atoms with Crippen molar-refractivity contribution in [1.29, 1.82) is 0 Å². The predicted molar refractivity (Wildman–Crippen MR) is 63.6 cm³/mol. The van der Waals surface area contributed by atoms with E-state index in [0.29, 0.717) is 6.42 Å². The van der Waals surface area contributed by atoms with Crippen molar-refractivity contribution in [1.82, 2.24) is 5.32 Å². The second kappa shape index (κ2) is 5.87. The number of halogens is 1. The number of carbonyl (C=O) groups excluding carboxylic acids is 1. The Morgan fingerprint density at radius 2 is 2.06 bits per heavy atom. The van der Waals surface area contributed by atoms with Crippen LogP contribution < -0.4 is 5.32 Å². The first kappa shape index (κ1) is 12.2. The van der Waals surface area contributed by atoms with Gasteiger partial charge in [-0.25, -0.2) is 0 Å². The predicted octanol–water partition coefficient (Wildman–Crippen LogP) is 2.22. The van der Waals surface area contributed by atoms with E-state index >= 15 is 0 Å². The molecule has 2 fully saturated rings. The molecular formula is C12H20ClNO2. The van der Waals surface area contributed by atoms with Gasteiger partial charge < -0.3 is 10.1 Å². The third kappa shape index (κ3) is 3.36. The van der Waals surface area contributed by atoms with E-state index in [-0.39, 0.29) is 23.4 Å². The largest absolute Gasteiger partial charge is 0.378 e. The van der Waals surface area contributed by atoms with Gasteiger partial charge in [0.25, 0.3) is 0 Å². The molecule has 92 valence electrons. The highest BCUT2D eigenvalue weighted by molar-refractivity contribution is 6.21. The van der Waals surface area contributed by atoms with Crippen LogP contribution in [0.2, 0.25) is 0 Å². The van der Waals surface area contributed by atoms with Crippen LogP contribution in [0.5, 0.6) is 0 Å². The summed E-state index contributed by atoms with van der Waals surface area (Å²) in [7, 11) is 0. The van der Waals surface area contributed by atoms with Crippen LogP contribution in [0, 0.1) is 0 Å². The van der Waals surface area contributed by atoms with E-state index in [1.54, 1.807) is 0 Å².